The summed E-state index contributed by atoms with van der Waals surface area (Å²) in [4.78, 5) is 13.7. The smallest absolute Gasteiger partial charge is 0.308 e. The van der Waals surface area contributed by atoms with Crippen LogP contribution in [0.3, 0.4) is 0 Å². The number of aliphatic carboxylic acids is 1. The van der Waals surface area contributed by atoms with Crippen LogP contribution in [0.25, 0.3) is 0 Å². The minimum Gasteiger partial charge on any atom is -0.481 e. The zero-order valence-corrected chi connectivity index (χ0v) is 13.4. The first-order valence-corrected chi connectivity index (χ1v) is 7.38. The Kier molecular flexibility index (Phi) is 4.33. The minimum absolute atomic E-state index is 0.0620. The molecule has 0 radical (unpaired) electrons. The number of hydrogen-bond acceptors (Lipinski definition) is 2. The maximum atomic E-state index is 11.6. The van der Waals surface area contributed by atoms with E-state index in [1.54, 1.807) is 18.2 Å². The van der Waals surface area contributed by atoms with Crippen LogP contribution in [0, 0.1) is 5.92 Å². The van der Waals surface area contributed by atoms with Crippen LogP contribution < -0.4 is 0 Å². The summed E-state index contributed by atoms with van der Waals surface area (Å²) in [6.45, 7) is 7.49. The lowest BCUT2D eigenvalue weighted by Crippen LogP contribution is -2.40. The van der Waals surface area contributed by atoms with E-state index in [0.29, 0.717) is 23.1 Å². The van der Waals surface area contributed by atoms with Crippen molar-refractivity contribution < 1.29 is 9.90 Å². The minimum atomic E-state index is -0.780. The number of likely N-dealkylation sites (tertiary alicyclic amines) is 1. The molecule has 20 heavy (non-hydrogen) atoms. The summed E-state index contributed by atoms with van der Waals surface area (Å²) >= 11 is 12.3. The molecule has 110 valence electrons. The zero-order valence-electron chi connectivity index (χ0n) is 11.9. The highest BCUT2D eigenvalue weighted by molar-refractivity contribution is 6.33. The molecular weight excluding hydrogens is 297 g/mol. The standard InChI is InChI=1S/C15H19Cl2NO2/c1-15(2,3)18-7-11(12(8-18)14(19)20)10-6-9(16)4-5-13(10)17/h4-6,11-12H,7-8H2,1-3H3,(H,19,20)/t11-,12+/m0/s1. The second-order valence-corrected chi connectivity index (χ2v) is 7.14. The highest BCUT2D eigenvalue weighted by atomic mass is 35.5. The summed E-state index contributed by atoms with van der Waals surface area (Å²) in [5.74, 6) is -1.36. The van der Waals surface area contributed by atoms with Gasteiger partial charge in [0.05, 0.1) is 5.92 Å². The number of rotatable bonds is 2. The quantitative estimate of drug-likeness (QED) is 0.900. The maximum Gasteiger partial charge on any atom is 0.308 e. The summed E-state index contributed by atoms with van der Waals surface area (Å²) in [5, 5.41) is 10.7. The lowest BCUT2D eigenvalue weighted by Gasteiger charge is -2.31. The Morgan fingerprint density at radius 2 is 1.95 bits per heavy atom. The lowest BCUT2D eigenvalue weighted by atomic mass is 9.89. The molecule has 0 unspecified atom stereocenters. The molecule has 1 aliphatic rings. The van der Waals surface area contributed by atoms with Gasteiger partial charge in [-0.2, -0.15) is 0 Å². The SMILES string of the molecule is CC(C)(C)N1C[C@@H](C(=O)O)[C@H](c2cc(Cl)ccc2Cl)C1. The van der Waals surface area contributed by atoms with Gasteiger partial charge in [0.15, 0.2) is 0 Å². The van der Waals surface area contributed by atoms with E-state index in [9.17, 15) is 9.90 Å². The van der Waals surface area contributed by atoms with Crippen LogP contribution in [0.15, 0.2) is 18.2 Å². The Morgan fingerprint density at radius 1 is 1.30 bits per heavy atom. The third-order valence-corrected chi connectivity index (χ3v) is 4.52. The Labute approximate surface area is 129 Å². The van der Waals surface area contributed by atoms with E-state index in [0.717, 1.165) is 5.56 Å². The number of halogens is 2. The molecule has 1 aliphatic heterocycles. The second-order valence-electron chi connectivity index (χ2n) is 6.29. The molecule has 0 spiro atoms. The highest BCUT2D eigenvalue weighted by Gasteiger charge is 2.42. The molecule has 3 nitrogen and oxygen atoms in total. The molecule has 0 aromatic heterocycles. The molecular formula is C15H19Cl2NO2. The van der Waals surface area contributed by atoms with Gasteiger partial charge in [0.1, 0.15) is 0 Å². The average molecular weight is 316 g/mol. The Morgan fingerprint density at radius 3 is 2.50 bits per heavy atom. The van der Waals surface area contributed by atoms with Gasteiger partial charge < -0.3 is 5.11 Å². The first-order valence-electron chi connectivity index (χ1n) is 6.63. The molecule has 0 aliphatic carbocycles. The Bertz CT molecular complexity index is 525. The molecule has 0 amide bonds. The van der Waals surface area contributed by atoms with E-state index in [1.165, 1.54) is 0 Å². The van der Waals surface area contributed by atoms with Crippen LogP contribution in [-0.4, -0.2) is 34.6 Å². The molecule has 1 N–H and O–H groups in total. The number of hydrogen-bond donors (Lipinski definition) is 1. The average Bonchev–Trinajstić information content (AvgIpc) is 2.77. The van der Waals surface area contributed by atoms with Gasteiger partial charge in [-0.3, -0.25) is 9.69 Å². The van der Waals surface area contributed by atoms with Crippen LogP contribution in [-0.2, 0) is 4.79 Å². The predicted octanol–water partition coefficient (Wildman–Crippen LogP) is 3.89. The van der Waals surface area contributed by atoms with E-state index >= 15 is 0 Å². The van der Waals surface area contributed by atoms with E-state index in [-0.39, 0.29) is 11.5 Å². The van der Waals surface area contributed by atoms with Crippen LogP contribution in [0.5, 0.6) is 0 Å². The predicted molar refractivity (Wildman–Crippen MR) is 81.7 cm³/mol. The van der Waals surface area contributed by atoms with Gasteiger partial charge in [0.25, 0.3) is 0 Å². The van der Waals surface area contributed by atoms with E-state index in [1.807, 2.05) is 0 Å². The van der Waals surface area contributed by atoms with Crippen molar-refractivity contribution in [2.75, 3.05) is 13.1 Å². The molecule has 0 bridgehead atoms. The number of carboxylic acid groups (broad SMARTS) is 1. The highest BCUT2D eigenvalue weighted by Crippen LogP contribution is 2.39. The van der Waals surface area contributed by atoms with Gasteiger partial charge in [-0.1, -0.05) is 23.2 Å². The summed E-state index contributed by atoms with van der Waals surface area (Å²) in [5.41, 5.74) is 0.770. The third-order valence-electron chi connectivity index (χ3n) is 3.94. The van der Waals surface area contributed by atoms with Gasteiger partial charge in [-0.05, 0) is 44.5 Å². The maximum absolute atomic E-state index is 11.6. The van der Waals surface area contributed by atoms with Gasteiger partial charge in [0.2, 0.25) is 0 Å². The van der Waals surface area contributed by atoms with Crippen LogP contribution >= 0.6 is 23.2 Å². The van der Waals surface area contributed by atoms with Gasteiger partial charge in [-0.15, -0.1) is 0 Å². The molecule has 1 heterocycles. The number of carboxylic acids is 1. The molecule has 1 saturated heterocycles. The zero-order chi connectivity index (χ0) is 15.1. The van der Waals surface area contributed by atoms with E-state index in [2.05, 4.69) is 25.7 Å². The molecule has 5 heteroatoms. The second kappa shape index (κ2) is 5.55. The molecule has 2 atom stereocenters. The summed E-state index contributed by atoms with van der Waals surface area (Å²) in [6, 6.07) is 5.24. The first-order chi connectivity index (χ1) is 9.20. The van der Waals surface area contributed by atoms with Gasteiger partial charge in [-0.25, -0.2) is 0 Å². The summed E-state index contributed by atoms with van der Waals surface area (Å²) in [6.07, 6.45) is 0. The van der Waals surface area contributed by atoms with E-state index < -0.39 is 11.9 Å². The molecule has 1 aromatic carbocycles. The van der Waals surface area contributed by atoms with Crippen molar-refractivity contribution in [1.29, 1.82) is 0 Å². The van der Waals surface area contributed by atoms with Crippen molar-refractivity contribution in [2.45, 2.75) is 32.2 Å². The van der Waals surface area contributed by atoms with Crippen molar-refractivity contribution in [2.24, 2.45) is 5.92 Å². The topological polar surface area (TPSA) is 40.5 Å². The van der Waals surface area contributed by atoms with Crippen molar-refractivity contribution >= 4 is 29.2 Å². The Balaban J connectivity index is 2.38. The number of benzene rings is 1. The monoisotopic (exact) mass is 315 g/mol. The summed E-state index contributed by atoms with van der Waals surface area (Å²) in [7, 11) is 0. The molecule has 1 aromatic rings. The fourth-order valence-corrected chi connectivity index (χ4v) is 3.15. The largest absolute Gasteiger partial charge is 0.481 e. The molecule has 1 fully saturated rings. The van der Waals surface area contributed by atoms with Crippen LogP contribution in [0.2, 0.25) is 10.0 Å². The van der Waals surface area contributed by atoms with Crippen molar-refractivity contribution in [1.82, 2.24) is 4.90 Å². The Hall–Kier alpha value is -0.770. The van der Waals surface area contributed by atoms with Gasteiger partial charge >= 0.3 is 5.97 Å². The number of carbonyl (C=O) groups is 1. The molecule has 0 saturated carbocycles. The third kappa shape index (κ3) is 3.11. The fraction of sp³-hybridized carbons (Fsp3) is 0.533. The summed E-state index contributed by atoms with van der Waals surface area (Å²) < 4.78 is 0. The fourth-order valence-electron chi connectivity index (χ4n) is 2.72. The first kappa shape index (κ1) is 15.6. The van der Waals surface area contributed by atoms with E-state index in [4.69, 9.17) is 23.2 Å². The lowest BCUT2D eigenvalue weighted by molar-refractivity contribution is -0.141. The van der Waals surface area contributed by atoms with Gasteiger partial charge in [0, 0.05) is 34.6 Å². The molecule has 2 rings (SSSR count). The normalized spacial score (nSPS) is 24.1. The van der Waals surface area contributed by atoms with Crippen LogP contribution in [0.1, 0.15) is 32.3 Å². The van der Waals surface area contributed by atoms with Crippen molar-refractivity contribution in [3.63, 3.8) is 0 Å². The van der Waals surface area contributed by atoms with Crippen molar-refractivity contribution in [3.8, 4) is 0 Å². The van der Waals surface area contributed by atoms with Crippen LogP contribution in [0.4, 0.5) is 0 Å². The van der Waals surface area contributed by atoms with Crippen molar-refractivity contribution in [3.05, 3.63) is 33.8 Å². The number of nitrogens with zero attached hydrogens (tertiary/aromatic N) is 1.